The van der Waals surface area contributed by atoms with Crippen LogP contribution in [0.2, 0.25) is 0 Å². The maximum atomic E-state index is 12.7. The lowest BCUT2D eigenvalue weighted by molar-refractivity contribution is 0.0917. The molecule has 3 aromatic rings. The number of carbonyl (C=O) groups is 1. The molecule has 0 bridgehead atoms. The molecular weight excluding hydrogens is 288 g/mol. The van der Waals surface area contributed by atoms with Crippen LogP contribution in [0.15, 0.2) is 60.7 Å². The maximum absolute atomic E-state index is 12.7. The van der Waals surface area contributed by atoms with Crippen LogP contribution < -0.4 is 5.32 Å². The highest BCUT2D eigenvalue weighted by Crippen LogP contribution is 2.19. The van der Waals surface area contributed by atoms with Crippen molar-refractivity contribution in [3.05, 3.63) is 77.5 Å². The highest BCUT2D eigenvalue weighted by atomic mass is 16.3. The van der Waals surface area contributed by atoms with Crippen LogP contribution in [0.4, 0.5) is 0 Å². The average molecular weight is 306 g/mol. The third-order valence-corrected chi connectivity index (χ3v) is 3.79. The van der Waals surface area contributed by atoms with Gasteiger partial charge in [-0.2, -0.15) is 0 Å². The Bertz CT molecular complexity index is 831. The summed E-state index contributed by atoms with van der Waals surface area (Å²) in [6.07, 6.45) is 0. The lowest BCUT2D eigenvalue weighted by atomic mass is 10.1. The number of nitrogens with one attached hydrogen (secondary N) is 1. The van der Waals surface area contributed by atoms with Crippen molar-refractivity contribution in [1.29, 1.82) is 0 Å². The van der Waals surface area contributed by atoms with Gasteiger partial charge in [0.25, 0.3) is 5.91 Å². The molecule has 2 N–H and O–H groups in total. The van der Waals surface area contributed by atoms with Crippen LogP contribution >= 0.6 is 0 Å². The molecule has 4 heteroatoms. The van der Waals surface area contributed by atoms with E-state index in [-0.39, 0.29) is 12.5 Å². The second-order valence-corrected chi connectivity index (χ2v) is 5.45. The van der Waals surface area contributed by atoms with Crippen LogP contribution in [0, 0.1) is 6.92 Å². The first-order valence-electron chi connectivity index (χ1n) is 7.52. The van der Waals surface area contributed by atoms with Gasteiger partial charge in [0, 0.05) is 11.1 Å². The van der Waals surface area contributed by atoms with E-state index in [0.717, 1.165) is 16.6 Å². The standard InChI is InChI=1S/C19H18N2O2/c1-13-10-11-15-8-5-9-16(18(15)20-13)19(23)21-17(12-22)14-6-3-2-4-7-14/h2-11,17,22H,12H2,1H3,(H,21,23). The highest BCUT2D eigenvalue weighted by molar-refractivity contribution is 6.05. The molecule has 23 heavy (non-hydrogen) atoms. The number of rotatable bonds is 4. The van der Waals surface area contributed by atoms with Gasteiger partial charge in [0.15, 0.2) is 0 Å². The summed E-state index contributed by atoms with van der Waals surface area (Å²) in [7, 11) is 0. The van der Waals surface area contributed by atoms with Gasteiger partial charge in [0.05, 0.1) is 23.7 Å². The molecule has 0 spiro atoms. The number of aliphatic hydroxyl groups excluding tert-OH is 1. The third kappa shape index (κ3) is 3.22. The Morgan fingerprint density at radius 3 is 2.61 bits per heavy atom. The zero-order chi connectivity index (χ0) is 16.2. The number of para-hydroxylation sites is 1. The molecule has 0 saturated heterocycles. The lowest BCUT2D eigenvalue weighted by Crippen LogP contribution is -2.31. The number of pyridine rings is 1. The largest absolute Gasteiger partial charge is 0.394 e. The number of fused-ring (bicyclic) bond motifs is 1. The molecule has 0 saturated carbocycles. The number of amides is 1. The van der Waals surface area contributed by atoms with Crippen LogP contribution in [0.1, 0.15) is 27.7 Å². The first kappa shape index (κ1) is 15.2. The number of aryl methyl sites for hydroxylation is 1. The Hall–Kier alpha value is -2.72. The van der Waals surface area contributed by atoms with Crippen LogP contribution in [0.5, 0.6) is 0 Å². The van der Waals surface area contributed by atoms with Gasteiger partial charge in [-0.25, -0.2) is 0 Å². The van der Waals surface area contributed by atoms with E-state index >= 15 is 0 Å². The topological polar surface area (TPSA) is 62.2 Å². The van der Waals surface area contributed by atoms with Crippen LogP contribution in [0.25, 0.3) is 10.9 Å². The molecule has 1 unspecified atom stereocenters. The summed E-state index contributed by atoms with van der Waals surface area (Å²) < 4.78 is 0. The maximum Gasteiger partial charge on any atom is 0.254 e. The molecule has 4 nitrogen and oxygen atoms in total. The van der Waals surface area contributed by atoms with E-state index in [1.165, 1.54) is 0 Å². The molecule has 0 aliphatic rings. The van der Waals surface area contributed by atoms with Gasteiger partial charge in [0.2, 0.25) is 0 Å². The van der Waals surface area contributed by atoms with E-state index in [1.54, 1.807) is 6.07 Å². The van der Waals surface area contributed by atoms with Crippen molar-refractivity contribution in [2.24, 2.45) is 0 Å². The third-order valence-electron chi connectivity index (χ3n) is 3.79. The van der Waals surface area contributed by atoms with Crippen molar-refractivity contribution >= 4 is 16.8 Å². The molecule has 116 valence electrons. The quantitative estimate of drug-likeness (QED) is 0.779. The Labute approximate surface area is 134 Å². The monoisotopic (exact) mass is 306 g/mol. The molecule has 3 rings (SSSR count). The van der Waals surface area contributed by atoms with Gasteiger partial charge in [-0.05, 0) is 24.6 Å². The molecule has 1 heterocycles. The number of carbonyl (C=O) groups excluding carboxylic acids is 1. The summed E-state index contributed by atoms with van der Waals surface area (Å²) in [5.41, 5.74) is 2.92. The highest BCUT2D eigenvalue weighted by Gasteiger charge is 2.17. The SMILES string of the molecule is Cc1ccc2cccc(C(=O)NC(CO)c3ccccc3)c2n1. The molecule has 0 fully saturated rings. The Morgan fingerprint density at radius 1 is 1.09 bits per heavy atom. The van der Waals surface area contributed by atoms with Gasteiger partial charge in [-0.3, -0.25) is 9.78 Å². The molecule has 0 radical (unpaired) electrons. The lowest BCUT2D eigenvalue weighted by Gasteiger charge is -2.17. The first-order valence-corrected chi connectivity index (χ1v) is 7.52. The van der Waals surface area contributed by atoms with Crippen molar-refractivity contribution in [3.8, 4) is 0 Å². The van der Waals surface area contributed by atoms with E-state index in [2.05, 4.69) is 10.3 Å². The number of hydrogen-bond acceptors (Lipinski definition) is 3. The molecule has 0 aliphatic carbocycles. The zero-order valence-corrected chi connectivity index (χ0v) is 12.9. The second-order valence-electron chi connectivity index (χ2n) is 5.45. The fourth-order valence-electron chi connectivity index (χ4n) is 2.58. The number of hydrogen-bond donors (Lipinski definition) is 2. The average Bonchev–Trinajstić information content (AvgIpc) is 2.59. The zero-order valence-electron chi connectivity index (χ0n) is 12.9. The fraction of sp³-hybridized carbons (Fsp3) is 0.158. The van der Waals surface area contributed by atoms with E-state index in [0.29, 0.717) is 11.1 Å². The predicted molar refractivity (Wildman–Crippen MR) is 90.2 cm³/mol. The molecule has 2 aromatic carbocycles. The van der Waals surface area contributed by atoms with Crippen molar-refractivity contribution in [3.63, 3.8) is 0 Å². The summed E-state index contributed by atoms with van der Waals surface area (Å²) in [5.74, 6) is -0.239. The number of nitrogens with zero attached hydrogens (tertiary/aromatic N) is 1. The minimum atomic E-state index is -0.441. The summed E-state index contributed by atoms with van der Waals surface area (Å²) in [6.45, 7) is 1.74. The molecule has 1 aromatic heterocycles. The number of benzene rings is 2. The van der Waals surface area contributed by atoms with Gasteiger partial charge in [-0.1, -0.05) is 48.5 Å². The Kier molecular flexibility index (Phi) is 4.35. The number of aliphatic hydroxyl groups is 1. The molecular formula is C19H18N2O2. The summed E-state index contributed by atoms with van der Waals surface area (Å²) in [6, 6.07) is 18.4. The fourth-order valence-corrected chi connectivity index (χ4v) is 2.58. The first-order chi connectivity index (χ1) is 11.2. The van der Waals surface area contributed by atoms with Gasteiger partial charge < -0.3 is 10.4 Å². The van der Waals surface area contributed by atoms with Gasteiger partial charge in [-0.15, -0.1) is 0 Å². The van der Waals surface area contributed by atoms with Gasteiger partial charge in [0.1, 0.15) is 0 Å². The van der Waals surface area contributed by atoms with Crippen LogP contribution in [-0.2, 0) is 0 Å². The van der Waals surface area contributed by atoms with Crippen molar-refractivity contribution in [2.45, 2.75) is 13.0 Å². The summed E-state index contributed by atoms with van der Waals surface area (Å²) in [5, 5.41) is 13.4. The van der Waals surface area contributed by atoms with E-state index < -0.39 is 6.04 Å². The minimum Gasteiger partial charge on any atom is -0.394 e. The number of aromatic nitrogens is 1. The minimum absolute atomic E-state index is 0.160. The molecule has 1 atom stereocenters. The van der Waals surface area contributed by atoms with Crippen molar-refractivity contribution in [2.75, 3.05) is 6.61 Å². The normalized spacial score (nSPS) is 12.1. The summed E-state index contributed by atoms with van der Waals surface area (Å²) >= 11 is 0. The molecule has 1 amide bonds. The van der Waals surface area contributed by atoms with Crippen LogP contribution in [0.3, 0.4) is 0 Å². The van der Waals surface area contributed by atoms with Crippen LogP contribution in [-0.4, -0.2) is 22.6 Å². The second kappa shape index (κ2) is 6.58. The Balaban J connectivity index is 1.93. The van der Waals surface area contributed by atoms with Crippen molar-refractivity contribution in [1.82, 2.24) is 10.3 Å². The van der Waals surface area contributed by atoms with Crippen molar-refractivity contribution < 1.29 is 9.90 Å². The smallest absolute Gasteiger partial charge is 0.254 e. The van der Waals surface area contributed by atoms with E-state index in [4.69, 9.17) is 0 Å². The van der Waals surface area contributed by atoms with E-state index in [9.17, 15) is 9.90 Å². The summed E-state index contributed by atoms with van der Waals surface area (Å²) in [4.78, 5) is 17.1. The Morgan fingerprint density at radius 2 is 1.87 bits per heavy atom. The van der Waals surface area contributed by atoms with Gasteiger partial charge >= 0.3 is 0 Å². The predicted octanol–water partition coefficient (Wildman–Crippen LogP) is 3.01. The molecule has 0 aliphatic heterocycles. The van der Waals surface area contributed by atoms with E-state index in [1.807, 2.05) is 61.5 Å².